The zero-order valence-electron chi connectivity index (χ0n) is 13.3. The molecule has 1 fully saturated rings. The van der Waals surface area contributed by atoms with Crippen molar-refractivity contribution in [2.45, 2.75) is 102 Å². The van der Waals surface area contributed by atoms with Gasteiger partial charge in [-0.2, -0.15) is 0 Å². The second-order valence-electron chi connectivity index (χ2n) is 6.65. The van der Waals surface area contributed by atoms with Crippen molar-refractivity contribution < 1.29 is 0 Å². The topological polar surface area (TPSA) is 0 Å². The number of hydrogen-bond acceptors (Lipinski definition) is 0. The molecule has 0 aliphatic heterocycles. The molecule has 0 saturated heterocycles. The van der Waals surface area contributed by atoms with Crippen LogP contribution >= 0.6 is 0 Å². The first-order valence-corrected chi connectivity index (χ1v) is 16.5. The summed E-state index contributed by atoms with van der Waals surface area (Å²) in [5.41, 5.74) is 0. The Kier molecular flexibility index (Phi) is 9.05. The first kappa shape index (κ1) is 16.9. The van der Waals surface area contributed by atoms with Gasteiger partial charge in [0.05, 0.1) is 0 Å². The monoisotopic (exact) mass is 360 g/mol. The molecule has 0 amide bonds. The molecule has 0 N–H and O–H groups in total. The Balaban J connectivity index is 2.68. The van der Waals surface area contributed by atoms with E-state index < -0.39 is 18.4 Å². The molecule has 0 aromatic heterocycles. The van der Waals surface area contributed by atoms with Crippen LogP contribution in [-0.4, -0.2) is 18.4 Å². The number of hydrogen-bond donors (Lipinski definition) is 0. The molecule has 0 aromatic rings. The van der Waals surface area contributed by atoms with E-state index in [9.17, 15) is 0 Å². The van der Waals surface area contributed by atoms with Crippen LogP contribution in [0.25, 0.3) is 0 Å². The number of unbranched alkanes of at least 4 members (excludes halogenated alkanes) is 3. The van der Waals surface area contributed by atoms with E-state index in [0.717, 1.165) is 0 Å². The Bertz CT molecular complexity index is 172. The van der Waals surface area contributed by atoms with E-state index in [1.54, 1.807) is 58.3 Å². The summed E-state index contributed by atoms with van der Waals surface area (Å²) in [6.45, 7) is 7.18. The predicted octanol–water partition coefficient (Wildman–Crippen LogP) is 6.78. The third kappa shape index (κ3) is 5.06. The van der Waals surface area contributed by atoms with Crippen LogP contribution in [0.3, 0.4) is 0 Å². The Morgan fingerprint density at radius 1 is 0.722 bits per heavy atom. The molecule has 1 aliphatic carbocycles. The summed E-state index contributed by atoms with van der Waals surface area (Å²) in [6, 6.07) is 0. The quantitative estimate of drug-likeness (QED) is 0.377. The van der Waals surface area contributed by atoms with Crippen molar-refractivity contribution in [1.29, 1.82) is 0 Å². The summed E-state index contributed by atoms with van der Waals surface area (Å²) in [5, 5.41) is 0. The van der Waals surface area contributed by atoms with Crippen LogP contribution in [0.5, 0.6) is 0 Å². The Labute approximate surface area is 120 Å². The van der Waals surface area contributed by atoms with Crippen molar-refractivity contribution in [2.24, 2.45) is 0 Å². The molecule has 0 spiro atoms. The van der Waals surface area contributed by atoms with Gasteiger partial charge in [0, 0.05) is 0 Å². The molecule has 1 saturated carbocycles. The molecule has 0 atom stereocenters. The molecule has 0 heterocycles. The Morgan fingerprint density at radius 2 is 1.11 bits per heavy atom. The van der Waals surface area contributed by atoms with Gasteiger partial charge in [-0.1, -0.05) is 0 Å². The number of rotatable bonds is 10. The molecule has 0 radical (unpaired) electrons. The van der Waals surface area contributed by atoms with Gasteiger partial charge in [-0.15, -0.1) is 0 Å². The molecule has 108 valence electrons. The fourth-order valence-electron chi connectivity index (χ4n) is 4.11. The van der Waals surface area contributed by atoms with Gasteiger partial charge < -0.3 is 0 Å². The van der Waals surface area contributed by atoms with Gasteiger partial charge in [0.2, 0.25) is 0 Å². The summed E-state index contributed by atoms with van der Waals surface area (Å²) < 4.78 is 6.48. The van der Waals surface area contributed by atoms with Crippen LogP contribution in [0.2, 0.25) is 17.2 Å². The summed E-state index contributed by atoms with van der Waals surface area (Å²) in [4.78, 5) is 0. The van der Waals surface area contributed by atoms with E-state index >= 15 is 0 Å². The zero-order chi connectivity index (χ0) is 13.3. The van der Waals surface area contributed by atoms with Crippen LogP contribution in [-0.2, 0) is 0 Å². The summed E-state index contributed by atoms with van der Waals surface area (Å²) in [5.74, 6) is 0. The summed E-state index contributed by atoms with van der Waals surface area (Å²) in [6.07, 6.45) is 15.4. The van der Waals surface area contributed by atoms with E-state index in [4.69, 9.17) is 0 Å². The average molecular weight is 359 g/mol. The van der Waals surface area contributed by atoms with Gasteiger partial charge in [-0.05, 0) is 0 Å². The van der Waals surface area contributed by atoms with Crippen molar-refractivity contribution in [3.63, 3.8) is 0 Å². The predicted molar refractivity (Wildman–Crippen MR) is 87.1 cm³/mol. The van der Waals surface area contributed by atoms with E-state index in [-0.39, 0.29) is 0 Å². The molecular formula is C17H36Sn. The normalized spacial score (nSPS) is 17.5. The first-order chi connectivity index (χ1) is 8.79. The zero-order valence-corrected chi connectivity index (χ0v) is 16.1. The van der Waals surface area contributed by atoms with Gasteiger partial charge in [-0.3, -0.25) is 0 Å². The van der Waals surface area contributed by atoms with Crippen molar-refractivity contribution in [3.8, 4) is 0 Å². The van der Waals surface area contributed by atoms with Crippen molar-refractivity contribution in [2.75, 3.05) is 0 Å². The fraction of sp³-hybridized carbons (Fsp3) is 1.00. The molecule has 18 heavy (non-hydrogen) atoms. The van der Waals surface area contributed by atoms with E-state index in [1.807, 2.05) is 0 Å². The molecule has 1 rings (SSSR count). The standard InChI is InChI=1S/C5H9.3C4H9.Sn/c1-2-4-5-3-1;3*1-3-4-2;/h1H,2-5H2;3*1,3-4H2,2H3;. The Morgan fingerprint density at radius 3 is 1.44 bits per heavy atom. The second-order valence-corrected chi connectivity index (χ2v) is 21.0. The van der Waals surface area contributed by atoms with E-state index in [0.29, 0.717) is 0 Å². The fourth-order valence-corrected chi connectivity index (χ4v) is 23.5. The van der Waals surface area contributed by atoms with Gasteiger partial charge >= 0.3 is 121 Å². The average Bonchev–Trinajstić information content (AvgIpc) is 2.93. The maximum absolute atomic E-state index is 2.39. The van der Waals surface area contributed by atoms with Crippen molar-refractivity contribution in [1.82, 2.24) is 0 Å². The van der Waals surface area contributed by atoms with Crippen LogP contribution in [0.1, 0.15) is 85.0 Å². The molecule has 0 unspecified atom stereocenters. The van der Waals surface area contributed by atoms with E-state index in [1.165, 1.54) is 23.2 Å². The van der Waals surface area contributed by atoms with Gasteiger partial charge in [0.1, 0.15) is 0 Å². The van der Waals surface area contributed by atoms with Gasteiger partial charge in [-0.25, -0.2) is 0 Å². The molecule has 0 nitrogen and oxygen atoms in total. The SMILES string of the molecule is CCC[CH2][Sn]([CH2]CCC)([CH2]CCC)[CH]1CCCC1. The van der Waals surface area contributed by atoms with Crippen LogP contribution in [0, 0.1) is 0 Å². The van der Waals surface area contributed by atoms with Crippen molar-refractivity contribution >= 4 is 18.4 Å². The van der Waals surface area contributed by atoms with Crippen LogP contribution < -0.4 is 0 Å². The third-order valence-corrected chi connectivity index (χ3v) is 23.5. The minimum absolute atomic E-state index is 1.28. The maximum atomic E-state index is 2.39. The van der Waals surface area contributed by atoms with Crippen LogP contribution in [0.15, 0.2) is 0 Å². The van der Waals surface area contributed by atoms with Crippen molar-refractivity contribution in [3.05, 3.63) is 0 Å². The minimum atomic E-state index is -1.78. The third-order valence-electron chi connectivity index (χ3n) is 5.31. The van der Waals surface area contributed by atoms with Crippen LogP contribution in [0.4, 0.5) is 0 Å². The molecule has 1 heteroatoms. The molecule has 0 bridgehead atoms. The summed E-state index contributed by atoms with van der Waals surface area (Å²) in [7, 11) is 0. The van der Waals surface area contributed by atoms with E-state index in [2.05, 4.69) is 20.8 Å². The Hall–Kier alpha value is 0.799. The van der Waals surface area contributed by atoms with Gasteiger partial charge in [0.15, 0.2) is 0 Å². The molecular weight excluding hydrogens is 323 g/mol. The first-order valence-electron chi connectivity index (χ1n) is 8.79. The molecule has 0 aromatic carbocycles. The summed E-state index contributed by atoms with van der Waals surface area (Å²) >= 11 is -1.78. The molecule has 1 aliphatic rings. The van der Waals surface area contributed by atoms with Gasteiger partial charge in [0.25, 0.3) is 0 Å². The second kappa shape index (κ2) is 9.66.